The maximum atomic E-state index is 5.55. The molecule has 0 aliphatic carbocycles. The zero-order chi connectivity index (χ0) is 6.85. The normalized spacial score (nSPS) is 13.7. The molecule has 1 unspecified atom stereocenters. The first-order chi connectivity index (χ1) is 4.20. The second kappa shape index (κ2) is 2.19. The minimum absolute atomic E-state index is 0.0335. The van der Waals surface area contributed by atoms with Gasteiger partial charge in [0.05, 0.1) is 18.2 Å². The van der Waals surface area contributed by atoms with E-state index in [1.165, 1.54) is 0 Å². The standard InChI is InChI=1S/C6H11N3/c1-5-3-9(4-8-5)6(2)7/h3-4,6H,7H2,1-2H3. The van der Waals surface area contributed by atoms with E-state index in [2.05, 4.69) is 4.98 Å². The van der Waals surface area contributed by atoms with Crippen molar-refractivity contribution in [3.63, 3.8) is 0 Å². The molecule has 1 rings (SSSR count). The average Bonchev–Trinajstić information content (AvgIpc) is 2.14. The molecule has 0 bridgehead atoms. The fourth-order valence-corrected chi connectivity index (χ4v) is 0.663. The molecule has 0 radical (unpaired) electrons. The molecule has 50 valence electrons. The number of nitrogens with two attached hydrogens (primary N) is 1. The summed E-state index contributed by atoms with van der Waals surface area (Å²) >= 11 is 0. The monoisotopic (exact) mass is 125 g/mol. The molecule has 9 heavy (non-hydrogen) atoms. The molecular formula is C6H11N3. The van der Waals surface area contributed by atoms with Crippen LogP contribution in [-0.4, -0.2) is 9.55 Å². The van der Waals surface area contributed by atoms with Crippen molar-refractivity contribution in [3.8, 4) is 0 Å². The second-order valence-corrected chi connectivity index (χ2v) is 2.20. The van der Waals surface area contributed by atoms with Crippen LogP contribution in [0.1, 0.15) is 18.8 Å². The average molecular weight is 125 g/mol. The van der Waals surface area contributed by atoms with Gasteiger partial charge >= 0.3 is 0 Å². The van der Waals surface area contributed by atoms with E-state index in [1.807, 2.05) is 24.6 Å². The molecule has 0 saturated heterocycles. The highest BCUT2D eigenvalue weighted by Gasteiger charge is 1.95. The molecule has 0 aromatic carbocycles. The van der Waals surface area contributed by atoms with Gasteiger partial charge in [-0.1, -0.05) is 0 Å². The van der Waals surface area contributed by atoms with E-state index in [1.54, 1.807) is 6.33 Å². The van der Waals surface area contributed by atoms with Crippen LogP contribution in [0, 0.1) is 6.92 Å². The van der Waals surface area contributed by atoms with E-state index in [0.29, 0.717) is 0 Å². The van der Waals surface area contributed by atoms with Crippen molar-refractivity contribution < 1.29 is 0 Å². The number of imidazole rings is 1. The molecule has 3 heteroatoms. The van der Waals surface area contributed by atoms with Crippen molar-refractivity contribution >= 4 is 0 Å². The molecule has 1 aromatic heterocycles. The van der Waals surface area contributed by atoms with Crippen LogP contribution in [0.4, 0.5) is 0 Å². The Hall–Kier alpha value is -0.830. The molecule has 0 saturated carbocycles. The summed E-state index contributed by atoms with van der Waals surface area (Å²) in [6, 6.07) is 0. The van der Waals surface area contributed by atoms with Crippen LogP contribution in [0.5, 0.6) is 0 Å². The third-order valence-electron chi connectivity index (χ3n) is 1.20. The Morgan fingerprint density at radius 1 is 1.78 bits per heavy atom. The molecule has 1 atom stereocenters. The lowest BCUT2D eigenvalue weighted by Gasteiger charge is -2.03. The van der Waals surface area contributed by atoms with Gasteiger partial charge in [-0.2, -0.15) is 0 Å². The molecule has 1 aromatic rings. The Balaban J connectivity index is 2.85. The van der Waals surface area contributed by atoms with Crippen LogP contribution in [0.2, 0.25) is 0 Å². The highest BCUT2D eigenvalue weighted by molar-refractivity contribution is 4.92. The zero-order valence-electron chi connectivity index (χ0n) is 5.70. The van der Waals surface area contributed by atoms with Gasteiger partial charge in [0.25, 0.3) is 0 Å². The summed E-state index contributed by atoms with van der Waals surface area (Å²) in [6.07, 6.45) is 3.69. The summed E-state index contributed by atoms with van der Waals surface area (Å²) < 4.78 is 1.87. The number of rotatable bonds is 1. The number of hydrogen-bond donors (Lipinski definition) is 1. The van der Waals surface area contributed by atoms with Crippen molar-refractivity contribution in [3.05, 3.63) is 18.2 Å². The van der Waals surface area contributed by atoms with Gasteiger partial charge in [0, 0.05) is 6.20 Å². The Bertz CT molecular complexity index is 190. The number of nitrogens with zero attached hydrogens (tertiary/aromatic N) is 2. The van der Waals surface area contributed by atoms with Crippen molar-refractivity contribution in [1.29, 1.82) is 0 Å². The van der Waals surface area contributed by atoms with Crippen molar-refractivity contribution in [2.75, 3.05) is 0 Å². The van der Waals surface area contributed by atoms with Gasteiger partial charge < -0.3 is 10.3 Å². The fourth-order valence-electron chi connectivity index (χ4n) is 0.663. The first kappa shape index (κ1) is 6.29. The first-order valence-corrected chi connectivity index (χ1v) is 2.96. The molecule has 0 aliphatic heterocycles. The van der Waals surface area contributed by atoms with E-state index >= 15 is 0 Å². The molecular weight excluding hydrogens is 114 g/mol. The number of aromatic nitrogens is 2. The summed E-state index contributed by atoms with van der Waals surface area (Å²) in [5.74, 6) is 0. The van der Waals surface area contributed by atoms with E-state index in [4.69, 9.17) is 5.73 Å². The smallest absolute Gasteiger partial charge is 0.0962 e. The summed E-state index contributed by atoms with van der Waals surface area (Å²) in [4.78, 5) is 4.02. The minimum Gasteiger partial charge on any atom is -0.322 e. The summed E-state index contributed by atoms with van der Waals surface area (Å²) in [7, 11) is 0. The van der Waals surface area contributed by atoms with Gasteiger partial charge in [0.1, 0.15) is 0 Å². The molecule has 0 spiro atoms. The Kier molecular flexibility index (Phi) is 1.53. The van der Waals surface area contributed by atoms with E-state index in [0.717, 1.165) is 5.69 Å². The SMILES string of the molecule is Cc1cn(C(C)N)cn1. The molecule has 0 amide bonds. The predicted octanol–water partition coefficient (Wildman–Crippen LogP) is 0.669. The van der Waals surface area contributed by atoms with Crippen LogP contribution < -0.4 is 5.73 Å². The lowest BCUT2D eigenvalue weighted by Crippen LogP contribution is -2.12. The molecule has 0 aliphatic rings. The van der Waals surface area contributed by atoms with E-state index in [-0.39, 0.29) is 6.17 Å². The van der Waals surface area contributed by atoms with Crippen molar-refractivity contribution in [1.82, 2.24) is 9.55 Å². The quantitative estimate of drug-likeness (QED) is 0.599. The highest BCUT2D eigenvalue weighted by atomic mass is 15.1. The maximum absolute atomic E-state index is 5.55. The molecule has 1 heterocycles. The highest BCUT2D eigenvalue weighted by Crippen LogP contribution is 1.98. The lowest BCUT2D eigenvalue weighted by molar-refractivity contribution is 0.571. The number of aryl methyl sites for hydroxylation is 1. The van der Waals surface area contributed by atoms with Gasteiger partial charge in [-0.25, -0.2) is 4.98 Å². The minimum atomic E-state index is 0.0335. The summed E-state index contributed by atoms with van der Waals surface area (Å²) in [6.45, 7) is 3.86. The third-order valence-corrected chi connectivity index (χ3v) is 1.20. The van der Waals surface area contributed by atoms with Gasteiger partial charge in [-0.05, 0) is 13.8 Å². The Morgan fingerprint density at radius 3 is 2.67 bits per heavy atom. The zero-order valence-corrected chi connectivity index (χ0v) is 5.70. The van der Waals surface area contributed by atoms with Gasteiger partial charge in [0.2, 0.25) is 0 Å². The van der Waals surface area contributed by atoms with E-state index in [9.17, 15) is 0 Å². The topological polar surface area (TPSA) is 43.8 Å². The van der Waals surface area contributed by atoms with Gasteiger partial charge in [-0.3, -0.25) is 0 Å². The third kappa shape index (κ3) is 1.29. The van der Waals surface area contributed by atoms with Crippen LogP contribution in [0.25, 0.3) is 0 Å². The van der Waals surface area contributed by atoms with Crippen LogP contribution in [-0.2, 0) is 0 Å². The van der Waals surface area contributed by atoms with Crippen LogP contribution >= 0.6 is 0 Å². The maximum Gasteiger partial charge on any atom is 0.0962 e. The largest absolute Gasteiger partial charge is 0.322 e. The predicted molar refractivity (Wildman–Crippen MR) is 35.9 cm³/mol. The molecule has 3 nitrogen and oxygen atoms in total. The Labute approximate surface area is 54.5 Å². The van der Waals surface area contributed by atoms with Gasteiger partial charge in [-0.15, -0.1) is 0 Å². The summed E-state index contributed by atoms with van der Waals surface area (Å²) in [5, 5.41) is 0. The van der Waals surface area contributed by atoms with Crippen molar-refractivity contribution in [2.24, 2.45) is 5.73 Å². The fraction of sp³-hybridized carbons (Fsp3) is 0.500. The van der Waals surface area contributed by atoms with Crippen LogP contribution in [0.15, 0.2) is 12.5 Å². The Morgan fingerprint density at radius 2 is 2.44 bits per heavy atom. The van der Waals surface area contributed by atoms with Gasteiger partial charge in [0.15, 0.2) is 0 Å². The van der Waals surface area contributed by atoms with E-state index < -0.39 is 0 Å². The summed E-state index contributed by atoms with van der Waals surface area (Å²) in [5.41, 5.74) is 6.56. The molecule has 2 N–H and O–H groups in total. The lowest BCUT2D eigenvalue weighted by atomic mass is 10.5. The second-order valence-electron chi connectivity index (χ2n) is 2.20. The van der Waals surface area contributed by atoms with Crippen LogP contribution in [0.3, 0.4) is 0 Å². The van der Waals surface area contributed by atoms with Crippen molar-refractivity contribution in [2.45, 2.75) is 20.0 Å². The molecule has 0 fully saturated rings. The first-order valence-electron chi connectivity index (χ1n) is 2.96. The number of hydrogen-bond acceptors (Lipinski definition) is 2.